The summed E-state index contributed by atoms with van der Waals surface area (Å²) in [6.07, 6.45) is 0. The minimum absolute atomic E-state index is 0.230. The van der Waals surface area contributed by atoms with E-state index in [1.807, 2.05) is 37.3 Å². The van der Waals surface area contributed by atoms with Crippen molar-refractivity contribution in [3.63, 3.8) is 0 Å². The van der Waals surface area contributed by atoms with Crippen LogP contribution in [0.15, 0.2) is 82.6 Å². The molecule has 4 aromatic rings. The molecule has 3 heterocycles. The van der Waals surface area contributed by atoms with Gasteiger partial charge in [-0.25, -0.2) is 4.90 Å². The third-order valence-electron chi connectivity index (χ3n) is 7.49. The molecule has 1 aromatic heterocycles. The molecule has 3 aromatic carbocycles. The molecule has 3 atom stereocenters. The second kappa shape index (κ2) is 11.1. The number of carbonyl (C=O) groups excluding carboxylic acids is 3. The molecule has 3 amide bonds. The first-order valence-electron chi connectivity index (χ1n) is 13.2. The number of ether oxygens (including phenoxy) is 2. The van der Waals surface area contributed by atoms with Gasteiger partial charge in [0.05, 0.1) is 30.9 Å². The zero-order valence-corrected chi connectivity index (χ0v) is 24.7. The Balaban J connectivity index is 1.42. The number of imide groups is 1. The smallest absolute Gasteiger partial charge is 0.308 e. The Labute approximate surface area is 250 Å². The second-order valence-corrected chi connectivity index (χ2v) is 12.2. The number of nitrogens with zero attached hydrogens (tertiary/aromatic N) is 2. The molecule has 6 rings (SSSR count). The van der Waals surface area contributed by atoms with Gasteiger partial charge in [-0.3, -0.25) is 23.7 Å². The predicted octanol–water partition coefficient (Wildman–Crippen LogP) is 4.67. The molecule has 0 aliphatic carbocycles. The van der Waals surface area contributed by atoms with Crippen LogP contribution in [0.2, 0.25) is 0 Å². The van der Waals surface area contributed by atoms with Crippen LogP contribution in [-0.4, -0.2) is 41.8 Å². The molecule has 0 saturated carbocycles. The number of para-hydroxylation sites is 1. The summed E-state index contributed by atoms with van der Waals surface area (Å²) < 4.78 is 12.3. The van der Waals surface area contributed by atoms with Crippen molar-refractivity contribution in [2.75, 3.05) is 24.4 Å². The van der Waals surface area contributed by atoms with Gasteiger partial charge in [0.25, 0.3) is 0 Å². The van der Waals surface area contributed by atoms with Crippen molar-refractivity contribution in [2.24, 2.45) is 5.92 Å². The van der Waals surface area contributed by atoms with Crippen LogP contribution < -0.4 is 24.6 Å². The summed E-state index contributed by atoms with van der Waals surface area (Å²) in [6, 6.07) is 21.4. The Morgan fingerprint density at radius 2 is 1.62 bits per heavy atom. The van der Waals surface area contributed by atoms with Crippen LogP contribution in [0.5, 0.6) is 11.5 Å². The minimum atomic E-state index is -0.803. The quantitative estimate of drug-likeness (QED) is 0.307. The van der Waals surface area contributed by atoms with Crippen molar-refractivity contribution in [3.8, 4) is 11.5 Å². The monoisotopic (exact) mass is 601 g/mol. The number of amides is 3. The maximum atomic E-state index is 14.1. The summed E-state index contributed by atoms with van der Waals surface area (Å²) in [7, 11) is 3.09. The summed E-state index contributed by atoms with van der Waals surface area (Å²) in [5.41, 5.74) is 2.82. The van der Waals surface area contributed by atoms with Crippen molar-refractivity contribution in [2.45, 2.75) is 29.7 Å². The Kier molecular flexibility index (Phi) is 7.38. The lowest BCUT2D eigenvalue weighted by Gasteiger charge is -2.31. The highest BCUT2D eigenvalue weighted by molar-refractivity contribution is 8.00. The average molecular weight is 602 g/mol. The van der Waals surface area contributed by atoms with Crippen LogP contribution in [0.4, 0.5) is 11.4 Å². The molecular formula is C31H27N3O6S2. The number of rotatable bonds is 7. The van der Waals surface area contributed by atoms with E-state index in [2.05, 4.69) is 5.32 Å². The van der Waals surface area contributed by atoms with Gasteiger partial charge in [0, 0.05) is 22.0 Å². The standard InChI is InChI=1S/C31H27N3O6S2/c1-17-8-10-18(11-9-17)32-23(35)16-33-30-27(42-31(33)38)24(21-6-4-5-7-22(21)40-3)25-26(41-30)29(37)34(28(25)36)19-12-14-20(39-2)15-13-19/h4-15,24-26H,16H2,1-3H3,(H,32,35)/t24-,25?,26?/m1/s1. The van der Waals surface area contributed by atoms with Crippen LogP contribution in [-0.2, 0) is 20.9 Å². The summed E-state index contributed by atoms with van der Waals surface area (Å²) in [4.78, 5) is 55.9. The molecule has 11 heteroatoms. The number of aromatic nitrogens is 1. The fraction of sp³-hybridized carbons (Fsp3) is 0.226. The number of anilines is 2. The van der Waals surface area contributed by atoms with E-state index in [1.165, 1.54) is 21.2 Å². The van der Waals surface area contributed by atoms with Gasteiger partial charge in [0.15, 0.2) is 0 Å². The molecule has 2 aliphatic heterocycles. The molecule has 1 saturated heterocycles. The number of thiazole rings is 1. The first kappa shape index (κ1) is 27.8. The number of fused-ring (bicyclic) bond motifs is 2. The van der Waals surface area contributed by atoms with E-state index < -0.39 is 17.1 Å². The molecule has 9 nitrogen and oxygen atoms in total. The number of thioether (sulfide) groups is 1. The molecule has 0 spiro atoms. The number of benzene rings is 3. The third-order valence-corrected chi connectivity index (χ3v) is 10.1. The van der Waals surface area contributed by atoms with Crippen molar-refractivity contribution in [3.05, 3.63) is 98.5 Å². The van der Waals surface area contributed by atoms with Crippen molar-refractivity contribution in [1.29, 1.82) is 0 Å². The molecule has 42 heavy (non-hydrogen) atoms. The van der Waals surface area contributed by atoms with Gasteiger partial charge in [0.2, 0.25) is 17.7 Å². The third kappa shape index (κ3) is 4.78. The molecule has 2 aliphatic rings. The first-order chi connectivity index (χ1) is 20.3. The Morgan fingerprint density at radius 1 is 0.905 bits per heavy atom. The first-order valence-corrected chi connectivity index (χ1v) is 14.9. The number of carbonyl (C=O) groups is 3. The molecule has 1 N–H and O–H groups in total. The van der Waals surface area contributed by atoms with E-state index in [-0.39, 0.29) is 29.1 Å². The number of hydrogen-bond donors (Lipinski definition) is 1. The molecule has 214 valence electrons. The average Bonchev–Trinajstić information content (AvgIpc) is 3.44. The van der Waals surface area contributed by atoms with E-state index in [0.717, 1.165) is 16.9 Å². The zero-order chi connectivity index (χ0) is 29.5. The van der Waals surface area contributed by atoms with Gasteiger partial charge in [0.1, 0.15) is 23.3 Å². The summed E-state index contributed by atoms with van der Waals surface area (Å²) in [5, 5.41) is 2.55. The minimum Gasteiger partial charge on any atom is -0.497 e. The van der Waals surface area contributed by atoms with Crippen LogP contribution in [0.3, 0.4) is 0 Å². The van der Waals surface area contributed by atoms with Crippen molar-refractivity contribution < 1.29 is 23.9 Å². The lowest BCUT2D eigenvalue weighted by Crippen LogP contribution is -2.33. The number of nitrogens with one attached hydrogen (secondary N) is 1. The summed E-state index contributed by atoms with van der Waals surface area (Å²) in [5.74, 6) is -1.35. The normalized spacial score (nSPS) is 19.3. The van der Waals surface area contributed by atoms with Crippen molar-refractivity contribution >= 4 is 52.2 Å². The summed E-state index contributed by atoms with van der Waals surface area (Å²) in [6.45, 7) is 1.72. The maximum Gasteiger partial charge on any atom is 0.308 e. The van der Waals surface area contributed by atoms with Crippen LogP contribution in [0.25, 0.3) is 0 Å². The molecule has 0 radical (unpaired) electrons. The van der Waals surface area contributed by atoms with Gasteiger partial charge in [-0.1, -0.05) is 59.0 Å². The Morgan fingerprint density at radius 3 is 2.31 bits per heavy atom. The lowest BCUT2D eigenvalue weighted by molar-refractivity contribution is -0.122. The highest BCUT2D eigenvalue weighted by Gasteiger charge is 2.57. The highest BCUT2D eigenvalue weighted by atomic mass is 32.2. The highest BCUT2D eigenvalue weighted by Crippen LogP contribution is 2.55. The number of hydrogen-bond acceptors (Lipinski definition) is 8. The molecule has 1 fully saturated rings. The summed E-state index contributed by atoms with van der Waals surface area (Å²) >= 11 is 2.17. The second-order valence-electron chi connectivity index (χ2n) is 10.0. The van der Waals surface area contributed by atoms with E-state index in [4.69, 9.17) is 9.47 Å². The SMILES string of the molecule is COc1ccc(N2C(=O)C3Sc4c(sc(=O)n4CC(=O)Nc4ccc(C)cc4)[C@H](c4ccccc4OC)C3C2=O)cc1. The van der Waals surface area contributed by atoms with E-state index in [9.17, 15) is 19.2 Å². The number of methoxy groups -OCH3 is 2. The number of aryl methyl sites for hydroxylation is 1. The van der Waals surface area contributed by atoms with Crippen LogP contribution in [0.1, 0.15) is 21.9 Å². The van der Waals surface area contributed by atoms with E-state index >= 15 is 0 Å². The van der Waals surface area contributed by atoms with Crippen LogP contribution in [0, 0.1) is 12.8 Å². The predicted molar refractivity (Wildman–Crippen MR) is 162 cm³/mol. The van der Waals surface area contributed by atoms with Gasteiger partial charge in [-0.15, -0.1) is 0 Å². The lowest BCUT2D eigenvalue weighted by atomic mass is 9.82. The van der Waals surface area contributed by atoms with Gasteiger partial charge >= 0.3 is 4.87 Å². The zero-order valence-electron chi connectivity index (χ0n) is 23.0. The Hall–Kier alpha value is -4.35. The van der Waals surface area contributed by atoms with E-state index in [1.54, 1.807) is 56.7 Å². The van der Waals surface area contributed by atoms with Crippen LogP contribution >= 0.6 is 23.1 Å². The van der Waals surface area contributed by atoms with E-state index in [0.29, 0.717) is 38.3 Å². The molecule has 0 bridgehead atoms. The topological polar surface area (TPSA) is 107 Å². The van der Waals surface area contributed by atoms with Gasteiger partial charge in [-0.2, -0.15) is 0 Å². The Bertz CT molecular complexity index is 1750. The maximum absolute atomic E-state index is 14.1. The van der Waals surface area contributed by atoms with Gasteiger partial charge in [-0.05, 0) is 49.4 Å². The molecule has 2 unspecified atom stereocenters. The fourth-order valence-electron chi connectivity index (χ4n) is 5.48. The largest absolute Gasteiger partial charge is 0.497 e. The van der Waals surface area contributed by atoms with Crippen molar-refractivity contribution in [1.82, 2.24) is 4.57 Å². The molecular weight excluding hydrogens is 574 g/mol. The fourth-order valence-corrected chi connectivity index (χ4v) is 8.24. The van der Waals surface area contributed by atoms with Gasteiger partial charge < -0.3 is 14.8 Å².